The average Bonchev–Trinajstić information content (AvgIpc) is 3.11. The van der Waals surface area contributed by atoms with Crippen LogP contribution in [0.1, 0.15) is 16.1 Å². The number of nitrogens with one attached hydrogen (secondary N) is 1. The number of nitro benzene ring substituents is 1. The van der Waals surface area contributed by atoms with Crippen LogP contribution < -0.4 is 5.32 Å². The van der Waals surface area contributed by atoms with Crippen LogP contribution >= 0.6 is 22.9 Å². The molecule has 2 aromatic carbocycles. The first-order chi connectivity index (χ1) is 12.5. The second-order valence-corrected chi connectivity index (χ2v) is 6.76. The molecule has 0 unspecified atom stereocenters. The number of carbonyl (C=O) groups excluding carboxylic acids is 1. The quantitative estimate of drug-likeness (QED) is 0.503. The number of hydrogen-bond donors (Lipinski definition) is 1. The molecule has 0 aliphatic rings. The fourth-order valence-corrected chi connectivity index (χ4v) is 3.30. The summed E-state index contributed by atoms with van der Waals surface area (Å²) in [5.74, 6) is -0.346. The first kappa shape index (κ1) is 18.0. The number of hydrogen-bond acceptors (Lipinski definition) is 5. The highest BCUT2D eigenvalue weighted by Gasteiger charge is 2.11. The molecule has 0 saturated heterocycles. The van der Waals surface area contributed by atoms with Gasteiger partial charge in [0.25, 0.3) is 11.6 Å². The van der Waals surface area contributed by atoms with E-state index in [1.165, 1.54) is 29.5 Å². The second-order valence-electron chi connectivity index (χ2n) is 5.46. The maximum Gasteiger partial charge on any atom is 0.270 e. The van der Waals surface area contributed by atoms with Gasteiger partial charge in [0.15, 0.2) is 0 Å². The Hall–Kier alpha value is -2.77. The minimum Gasteiger partial charge on any atom is -0.352 e. The van der Waals surface area contributed by atoms with Crippen molar-refractivity contribution in [1.29, 1.82) is 0 Å². The molecule has 0 aliphatic carbocycles. The van der Waals surface area contributed by atoms with E-state index in [0.29, 0.717) is 18.0 Å². The lowest BCUT2D eigenvalue weighted by Crippen LogP contribution is -2.25. The lowest BCUT2D eigenvalue weighted by Gasteiger charge is -2.04. The number of rotatable bonds is 6. The van der Waals surface area contributed by atoms with E-state index in [0.717, 1.165) is 16.3 Å². The summed E-state index contributed by atoms with van der Waals surface area (Å²) < 4.78 is 0. The molecular weight excluding hydrogens is 374 g/mol. The zero-order chi connectivity index (χ0) is 18.5. The maximum absolute atomic E-state index is 12.1. The smallest absolute Gasteiger partial charge is 0.270 e. The Kier molecular flexibility index (Phi) is 5.60. The Morgan fingerprint density at radius 3 is 2.73 bits per heavy atom. The molecule has 1 heterocycles. The Balaban J connectivity index is 1.57. The van der Waals surface area contributed by atoms with Crippen molar-refractivity contribution in [1.82, 2.24) is 10.3 Å². The first-order valence-electron chi connectivity index (χ1n) is 7.76. The van der Waals surface area contributed by atoms with Gasteiger partial charge in [0.2, 0.25) is 0 Å². The van der Waals surface area contributed by atoms with Crippen molar-refractivity contribution in [2.24, 2.45) is 0 Å². The summed E-state index contributed by atoms with van der Waals surface area (Å²) in [6, 6.07) is 13.1. The van der Waals surface area contributed by atoms with Crippen LogP contribution in [0.15, 0.2) is 53.9 Å². The molecule has 0 spiro atoms. The third-order valence-corrected chi connectivity index (χ3v) is 4.82. The maximum atomic E-state index is 12.1. The summed E-state index contributed by atoms with van der Waals surface area (Å²) in [7, 11) is 0. The summed E-state index contributed by atoms with van der Waals surface area (Å²) in [6.45, 7) is 0.394. The van der Waals surface area contributed by atoms with Gasteiger partial charge < -0.3 is 5.32 Å². The van der Waals surface area contributed by atoms with E-state index in [1.54, 1.807) is 6.07 Å². The highest BCUT2D eigenvalue weighted by atomic mass is 35.5. The molecule has 3 aromatic rings. The summed E-state index contributed by atoms with van der Waals surface area (Å²) in [5, 5.41) is 17.0. The van der Waals surface area contributed by atoms with Gasteiger partial charge in [-0.1, -0.05) is 29.8 Å². The monoisotopic (exact) mass is 387 g/mol. The van der Waals surface area contributed by atoms with E-state index in [1.807, 2.05) is 29.6 Å². The molecule has 0 bridgehead atoms. The molecule has 0 fully saturated rings. The highest BCUT2D eigenvalue weighted by Crippen LogP contribution is 2.25. The minimum absolute atomic E-state index is 0.107. The zero-order valence-corrected chi connectivity index (χ0v) is 15.1. The van der Waals surface area contributed by atoms with E-state index in [2.05, 4.69) is 10.3 Å². The Bertz CT molecular complexity index is 941. The molecule has 132 valence electrons. The zero-order valence-electron chi connectivity index (χ0n) is 13.5. The van der Waals surface area contributed by atoms with Crippen molar-refractivity contribution < 1.29 is 9.72 Å². The van der Waals surface area contributed by atoms with Gasteiger partial charge in [-0.2, -0.15) is 0 Å². The van der Waals surface area contributed by atoms with E-state index in [4.69, 9.17) is 11.6 Å². The fraction of sp³-hybridized carbons (Fsp3) is 0.111. The molecule has 26 heavy (non-hydrogen) atoms. The van der Waals surface area contributed by atoms with Crippen LogP contribution in [0.25, 0.3) is 10.6 Å². The van der Waals surface area contributed by atoms with E-state index in [9.17, 15) is 14.9 Å². The van der Waals surface area contributed by atoms with Crippen molar-refractivity contribution >= 4 is 34.5 Å². The van der Waals surface area contributed by atoms with E-state index >= 15 is 0 Å². The van der Waals surface area contributed by atoms with Crippen molar-refractivity contribution in [2.75, 3.05) is 6.54 Å². The second kappa shape index (κ2) is 8.07. The van der Waals surface area contributed by atoms with E-state index < -0.39 is 4.92 Å². The Labute approximate surface area is 158 Å². The first-order valence-corrected chi connectivity index (χ1v) is 9.02. The van der Waals surface area contributed by atoms with Gasteiger partial charge in [-0.3, -0.25) is 14.9 Å². The minimum atomic E-state index is -0.523. The number of nitrogens with zero attached hydrogens (tertiary/aromatic N) is 2. The Morgan fingerprint density at radius 1 is 1.23 bits per heavy atom. The van der Waals surface area contributed by atoms with Gasteiger partial charge in [0, 0.05) is 46.6 Å². The summed E-state index contributed by atoms with van der Waals surface area (Å²) in [5.41, 5.74) is 2.02. The summed E-state index contributed by atoms with van der Waals surface area (Å²) in [6.07, 6.45) is 0.574. The van der Waals surface area contributed by atoms with Gasteiger partial charge >= 0.3 is 0 Å². The molecule has 1 aromatic heterocycles. The number of halogens is 1. The summed E-state index contributed by atoms with van der Waals surface area (Å²) in [4.78, 5) is 26.9. The summed E-state index contributed by atoms with van der Waals surface area (Å²) >= 11 is 7.41. The molecule has 0 atom stereocenters. The third-order valence-electron chi connectivity index (χ3n) is 3.63. The standard InChI is InChI=1S/C18H14ClN3O3S/c19-14-6-4-12(5-7-14)18-21-15(11-26-18)8-9-20-17(23)13-2-1-3-16(10-13)22(24)25/h1-7,10-11H,8-9H2,(H,20,23). The number of amides is 1. The van der Waals surface area contributed by atoms with Crippen LogP contribution in [0, 0.1) is 10.1 Å². The van der Waals surface area contributed by atoms with Gasteiger partial charge in [-0.15, -0.1) is 11.3 Å². The predicted molar refractivity (Wildman–Crippen MR) is 102 cm³/mol. The molecule has 1 amide bonds. The molecular formula is C18H14ClN3O3S. The van der Waals surface area contributed by atoms with Crippen molar-refractivity contribution in [3.63, 3.8) is 0 Å². The molecule has 0 aliphatic heterocycles. The normalized spacial score (nSPS) is 10.5. The van der Waals surface area contributed by atoms with E-state index in [-0.39, 0.29) is 17.2 Å². The van der Waals surface area contributed by atoms with Crippen LogP contribution in [-0.2, 0) is 6.42 Å². The number of thiazole rings is 1. The fourth-order valence-electron chi connectivity index (χ4n) is 2.31. The number of non-ortho nitro benzene ring substituents is 1. The number of nitro groups is 1. The third kappa shape index (κ3) is 4.44. The molecule has 6 nitrogen and oxygen atoms in total. The predicted octanol–water partition coefficient (Wildman–Crippen LogP) is 4.34. The van der Waals surface area contributed by atoms with Crippen LogP contribution in [0.2, 0.25) is 5.02 Å². The molecule has 0 radical (unpaired) electrons. The van der Waals surface area contributed by atoms with Crippen LogP contribution in [0.5, 0.6) is 0 Å². The number of aromatic nitrogens is 1. The van der Waals surface area contributed by atoms with Crippen molar-refractivity contribution in [2.45, 2.75) is 6.42 Å². The largest absolute Gasteiger partial charge is 0.352 e. The van der Waals surface area contributed by atoms with Gasteiger partial charge in [-0.05, 0) is 18.2 Å². The van der Waals surface area contributed by atoms with Gasteiger partial charge in [0.1, 0.15) is 5.01 Å². The lowest BCUT2D eigenvalue weighted by atomic mass is 10.2. The molecule has 0 saturated carbocycles. The van der Waals surface area contributed by atoms with Crippen molar-refractivity contribution in [3.8, 4) is 10.6 Å². The van der Waals surface area contributed by atoms with Gasteiger partial charge in [0.05, 0.1) is 10.6 Å². The SMILES string of the molecule is O=C(NCCc1csc(-c2ccc(Cl)cc2)n1)c1cccc([N+](=O)[O-])c1. The van der Waals surface area contributed by atoms with Crippen molar-refractivity contribution in [3.05, 3.63) is 80.3 Å². The topological polar surface area (TPSA) is 85.1 Å². The number of benzene rings is 2. The number of carbonyl (C=O) groups is 1. The van der Waals surface area contributed by atoms with Crippen LogP contribution in [0.3, 0.4) is 0 Å². The molecule has 1 N–H and O–H groups in total. The molecule has 8 heteroatoms. The molecule has 3 rings (SSSR count). The van der Waals surface area contributed by atoms with Gasteiger partial charge in [-0.25, -0.2) is 4.98 Å². The van der Waals surface area contributed by atoms with Crippen LogP contribution in [-0.4, -0.2) is 22.4 Å². The Morgan fingerprint density at radius 2 is 2.00 bits per heavy atom. The lowest BCUT2D eigenvalue weighted by molar-refractivity contribution is -0.384. The highest BCUT2D eigenvalue weighted by molar-refractivity contribution is 7.13. The average molecular weight is 388 g/mol. The van der Waals surface area contributed by atoms with Crippen LogP contribution in [0.4, 0.5) is 5.69 Å².